The third-order valence-corrected chi connectivity index (χ3v) is 6.24. The highest BCUT2D eigenvalue weighted by Crippen LogP contribution is 2.30. The molecule has 5 heteroatoms. The number of fused-ring (bicyclic) bond motifs is 2. The Hall–Kier alpha value is -2.40. The Labute approximate surface area is 180 Å². The summed E-state index contributed by atoms with van der Waals surface area (Å²) < 4.78 is 2.38. The maximum Gasteiger partial charge on any atom is 0.153 e. The van der Waals surface area contributed by atoms with Crippen molar-refractivity contribution in [3.8, 4) is 0 Å². The summed E-state index contributed by atoms with van der Waals surface area (Å²) in [5.41, 5.74) is 5.92. The Morgan fingerprint density at radius 1 is 1.13 bits per heavy atom. The van der Waals surface area contributed by atoms with Gasteiger partial charge in [-0.25, -0.2) is 4.99 Å². The highest BCUT2D eigenvalue weighted by atomic mass is 16.1. The van der Waals surface area contributed by atoms with Crippen LogP contribution in [-0.4, -0.2) is 59.2 Å². The number of nitrogens with zero attached hydrogens (tertiary/aromatic N) is 4. The largest absolute Gasteiger partial charge is 0.352 e. The van der Waals surface area contributed by atoms with Crippen LogP contribution in [0.2, 0.25) is 0 Å². The molecule has 1 aromatic heterocycles. The molecule has 5 nitrogen and oxygen atoms in total. The first kappa shape index (κ1) is 20.9. The number of carbonyl (C=O) groups is 1. The summed E-state index contributed by atoms with van der Waals surface area (Å²) >= 11 is 0. The molecule has 0 radical (unpaired) electrons. The maximum absolute atomic E-state index is 11.3. The molecule has 2 aliphatic rings. The Bertz CT molecular complexity index is 962. The molecule has 0 unspecified atom stereocenters. The normalized spacial score (nSPS) is 17.4. The quantitative estimate of drug-likeness (QED) is 0.715. The number of aryl methyl sites for hydroxylation is 1. The molecule has 3 heterocycles. The van der Waals surface area contributed by atoms with Gasteiger partial charge in [0.1, 0.15) is 6.29 Å². The summed E-state index contributed by atoms with van der Waals surface area (Å²) in [6, 6.07) is 8.90. The van der Waals surface area contributed by atoms with Crippen LogP contribution < -0.4 is 0 Å². The van der Waals surface area contributed by atoms with Gasteiger partial charge in [0.2, 0.25) is 0 Å². The smallest absolute Gasteiger partial charge is 0.153 e. The lowest BCUT2D eigenvalue weighted by atomic mass is 9.95. The highest BCUT2D eigenvalue weighted by Gasteiger charge is 2.28. The number of aliphatic imine (C=N–C) groups is 1. The molecule has 1 fully saturated rings. The van der Waals surface area contributed by atoms with Crippen LogP contribution in [0.25, 0.3) is 0 Å². The van der Waals surface area contributed by atoms with Crippen molar-refractivity contribution in [2.75, 3.05) is 32.7 Å². The summed E-state index contributed by atoms with van der Waals surface area (Å²) in [7, 11) is 0. The van der Waals surface area contributed by atoms with Gasteiger partial charge >= 0.3 is 0 Å². The number of piperazine rings is 1. The molecule has 0 spiro atoms. The van der Waals surface area contributed by atoms with Gasteiger partial charge in [-0.05, 0) is 36.1 Å². The van der Waals surface area contributed by atoms with Crippen LogP contribution in [0, 0.1) is 12.3 Å². The zero-order chi connectivity index (χ0) is 21.5. The first-order chi connectivity index (χ1) is 14.3. The summed E-state index contributed by atoms with van der Waals surface area (Å²) in [5, 5.41) is 0. The number of hydrogen-bond donors (Lipinski definition) is 0. The lowest BCUT2D eigenvalue weighted by molar-refractivity contribution is -0.115. The van der Waals surface area contributed by atoms with E-state index in [1.807, 2.05) is 13.8 Å². The van der Waals surface area contributed by atoms with Crippen molar-refractivity contribution < 1.29 is 4.79 Å². The minimum atomic E-state index is -0.292. The summed E-state index contributed by atoms with van der Waals surface area (Å²) in [6.07, 6.45) is 3.38. The van der Waals surface area contributed by atoms with Crippen molar-refractivity contribution in [1.82, 2.24) is 14.4 Å². The van der Waals surface area contributed by atoms with Crippen molar-refractivity contribution in [2.45, 2.75) is 47.1 Å². The molecule has 1 aromatic carbocycles. The molecule has 0 bridgehead atoms. The average Bonchev–Trinajstić information content (AvgIpc) is 3.06. The third-order valence-electron chi connectivity index (χ3n) is 6.24. The molecule has 0 amide bonds. The Kier molecular flexibility index (Phi) is 5.58. The summed E-state index contributed by atoms with van der Waals surface area (Å²) in [6.45, 7) is 16.1. The Balaban J connectivity index is 1.64. The van der Waals surface area contributed by atoms with Crippen LogP contribution in [0.1, 0.15) is 56.0 Å². The fraction of sp³-hybridized carbons (Fsp3) is 0.520. The van der Waals surface area contributed by atoms with Crippen LogP contribution in [0.3, 0.4) is 0 Å². The fourth-order valence-corrected chi connectivity index (χ4v) is 4.44. The Morgan fingerprint density at radius 3 is 2.53 bits per heavy atom. The number of rotatable bonds is 4. The van der Waals surface area contributed by atoms with Crippen molar-refractivity contribution >= 4 is 17.8 Å². The molecular weight excluding hydrogens is 372 g/mol. The van der Waals surface area contributed by atoms with E-state index in [0.29, 0.717) is 5.92 Å². The van der Waals surface area contributed by atoms with Gasteiger partial charge in [0.05, 0.1) is 11.4 Å². The number of carbonyl (C=O) groups excluding carboxylic acids is 1. The Morgan fingerprint density at radius 2 is 1.87 bits per heavy atom. The number of benzene rings is 1. The monoisotopic (exact) mass is 406 g/mol. The van der Waals surface area contributed by atoms with E-state index in [9.17, 15) is 4.79 Å². The van der Waals surface area contributed by atoms with Crippen LogP contribution in [0.4, 0.5) is 5.69 Å². The molecule has 0 saturated carbocycles. The average molecular weight is 407 g/mol. The molecule has 160 valence electrons. The van der Waals surface area contributed by atoms with E-state index in [1.54, 1.807) is 0 Å². The topological polar surface area (TPSA) is 40.8 Å². The standard InChI is InChI=1S/C25H34N4O/c1-18(2)20-13-23-24(28-10-8-27(9-11-28)16-25(4,5)17-30)26-22-7-6-19(3)12-21(22)15-29(23)14-20/h6-7,12-14,17-18H,8-11,15-16H2,1-5H3. The second-order valence-electron chi connectivity index (χ2n) is 9.88. The van der Waals surface area contributed by atoms with E-state index in [4.69, 9.17) is 4.99 Å². The molecule has 30 heavy (non-hydrogen) atoms. The molecule has 2 aromatic rings. The SMILES string of the molecule is Cc1ccc2c(c1)Cn1cc(C(C)C)cc1C(N1CCN(CC(C)(C)C=O)CC1)=N2. The molecule has 4 rings (SSSR count). The van der Waals surface area contributed by atoms with E-state index >= 15 is 0 Å². The number of hydrogen-bond acceptors (Lipinski definition) is 4. The lowest BCUT2D eigenvalue weighted by Crippen LogP contribution is -2.51. The van der Waals surface area contributed by atoms with Gasteiger partial charge in [-0.1, -0.05) is 45.4 Å². The highest BCUT2D eigenvalue weighted by molar-refractivity contribution is 6.00. The van der Waals surface area contributed by atoms with E-state index < -0.39 is 0 Å². The number of amidine groups is 1. The van der Waals surface area contributed by atoms with Gasteiger partial charge in [0.25, 0.3) is 0 Å². The second-order valence-corrected chi connectivity index (χ2v) is 9.88. The lowest BCUT2D eigenvalue weighted by Gasteiger charge is -2.38. The van der Waals surface area contributed by atoms with Crippen molar-refractivity contribution in [3.05, 3.63) is 52.8 Å². The molecule has 1 saturated heterocycles. The van der Waals surface area contributed by atoms with Gasteiger partial charge in [0, 0.05) is 50.9 Å². The van der Waals surface area contributed by atoms with Crippen LogP contribution in [-0.2, 0) is 11.3 Å². The second kappa shape index (κ2) is 8.03. The van der Waals surface area contributed by atoms with Crippen LogP contribution in [0.5, 0.6) is 0 Å². The van der Waals surface area contributed by atoms with E-state index in [1.165, 1.54) is 22.4 Å². The van der Waals surface area contributed by atoms with Crippen LogP contribution in [0.15, 0.2) is 35.5 Å². The zero-order valence-electron chi connectivity index (χ0n) is 19.0. The number of aromatic nitrogens is 1. The van der Waals surface area contributed by atoms with Gasteiger partial charge in [-0.3, -0.25) is 4.90 Å². The van der Waals surface area contributed by atoms with Gasteiger partial charge in [-0.2, -0.15) is 0 Å². The summed E-state index contributed by atoms with van der Waals surface area (Å²) in [5.74, 6) is 1.57. The van der Waals surface area contributed by atoms with Gasteiger partial charge < -0.3 is 14.3 Å². The molecule has 0 aliphatic carbocycles. The van der Waals surface area contributed by atoms with Crippen molar-refractivity contribution in [2.24, 2.45) is 10.4 Å². The molecule has 0 N–H and O–H groups in total. The van der Waals surface area contributed by atoms with E-state index in [0.717, 1.165) is 57.1 Å². The van der Waals surface area contributed by atoms with Gasteiger partial charge in [0.15, 0.2) is 5.84 Å². The first-order valence-corrected chi connectivity index (χ1v) is 11.1. The van der Waals surface area contributed by atoms with Crippen molar-refractivity contribution in [1.29, 1.82) is 0 Å². The predicted molar refractivity (Wildman–Crippen MR) is 123 cm³/mol. The van der Waals surface area contributed by atoms with E-state index in [-0.39, 0.29) is 5.41 Å². The first-order valence-electron chi connectivity index (χ1n) is 11.1. The molecular formula is C25H34N4O. The minimum Gasteiger partial charge on any atom is -0.352 e. The molecule has 2 aliphatic heterocycles. The minimum absolute atomic E-state index is 0.292. The maximum atomic E-state index is 11.3. The zero-order valence-corrected chi connectivity index (χ0v) is 19.0. The predicted octanol–water partition coefficient (Wildman–Crippen LogP) is 4.20. The number of aldehydes is 1. The molecule has 0 atom stereocenters. The third kappa shape index (κ3) is 4.22. The fourth-order valence-electron chi connectivity index (χ4n) is 4.44. The van der Waals surface area contributed by atoms with Gasteiger partial charge in [-0.15, -0.1) is 0 Å². The van der Waals surface area contributed by atoms with Crippen molar-refractivity contribution in [3.63, 3.8) is 0 Å². The summed E-state index contributed by atoms with van der Waals surface area (Å²) in [4.78, 5) is 21.3. The van der Waals surface area contributed by atoms with Crippen LogP contribution >= 0.6 is 0 Å². The van der Waals surface area contributed by atoms with E-state index in [2.05, 4.69) is 65.6 Å².